The summed E-state index contributed by atoms with van der Waals surface area (Å²) >= 11 is 0. The number of ketones is 1. The summed E-state index contributed by atoms with van der Waals surface area (Å²) in [6.07, 6.45) is 1.49. The Labute approximate surface area is 118 Å². The molecule has 0 aromatic heterocycles. The van der Waals surface area contributed by atoms with Gasteiger partial charge in [0.1, 0.15) is 17.8 Å². The third-order valence-electron chi connectivity index (χ3n) is 3.36. The van der Waals surface area contributed by atoms with Crippen LogP contribution in [-0.4, -0.2) is 43.0 Å². The van der Waals surface area contributed by atoms with Crippen molar-refractivity contribution in [1.82, 2.24) is 5.01 Å². The molecular weight excluding hydrogens is 264 g/mol. The largest absolute Gasteiger partial charge is 0.465 e. The molecule has 0 heterocycles. The zero-order chi connectivity index (χ0) is 15.2. The van der Waals surface area contributed by atoms with Crippen LogP contribution in [0.1, 0.15) is 32.6 Å². The molecule has 1 rings (SSSR count). The van der Waals surface area contributed by atoms with E-state index in [1.54, 1.807) is 6.92 Å². The number of carbonyl (C=O) groups is 2. The van der Waals surface area contributed by atoms with Crippen LogP contribution < -0.4 is 11.7 Å². The maximum absolute atomic E-state index is 12.2. The van der Waals surface area contributed by atoms with E-state index in [9.17, 15) is 9.59 Å². The summed E-state index contributed by atoms with van der Waals surface area (Å²) in [4.78, 5) is 23.5. The lowest BCUT2D eigenvalue weighted by molar-refractivity contribution is -0.161. The van der Waals surface area contributed by atoms with Crippen LogP contribution in [0, 0.1) is 5.41 Å². The summed E-state index contributed by atoms with van der Waals surface area (Å²) in [5, 5.41) is 4.52. The highest BCUT2D eigenvalue weighted by Crippen LogP contribution is 2.36. The number of hydrogen-bond donors (Lipinski definition) is 2. The number of rotatable bonds is 4. The molecule has 1 aliphatic rings. The van der Waals surface area contributed by atoms with Crippen molar-refractivity contribution < 1.29 is 19.1 Å². The molecule has 0 aromatic carbocycles. The van der Waals surface area contributed by atoms with Crippen molar-refractivity contribution in [3.8, 4) is 0 Å². The van der Waals surface area contributed by atoms with Gasteiger partial charge in [-0.15, -0.1) is 5.10 Å². The molecular formula is C12H22N4O4. The molecule has 0 spiro atoms. The molecule has 1 saturated carbocycles. The standard InChI is InChI=1S/C12H22N4O4/c1-3-19-10(18)12(6-4-9(17)5-7-12)8-20-11(15-13)16(2)14/h3-8,13-14H2,1-2H3/b15-11+. The lowest BCUT2D eigenvalue weighted by Crippen LogP contribution is -2.44. The van der Waals surface area contributed by atoms with Crippen LogP contribution in [0.3, 0.4) is 0 Å². The number of carbonyl (C=O) groups excluding carboxylic acids is 2. The predicted molar refractivity (Wildman–Crippen MR) is 72.1 cm³/mol. The molecule has 1 aliphatic carbocycles. The van der Waals surface area contributed by atoms with Gasteiger partial charge in [-0.25, -0.2) is 5.84 Å². The second-order valence-electron chi connectivity index (χ2n) is 4.85. The van der Waals surface area contributed by atoms with E-state index in [0.717, 1.165) is 5.01 Å². The zero-order valence-electron chi connectivity index (χ0n) is 11.9. The second kappa shape index (κ2) is 7.09. The highest BCUT2D eigenvalue weighted by atomic mass is 16.5. The van der Waals surface area contributed by atoms with Gasteiger partial charge in [-0.1, -0.05) is 0 Å². The fraction of sp³-hybridized carbons (Fsp3) is 0.750. The highest BCUT2D eigenvalue weighted by molar-refractivity contribution is 5.85. The van der Waals surface area contributed by atoms with Crippen molar-refractivity contribution >= 4 is 17.8 Å². The lowest BCUT2D eigenvalue weighted by atomic mass is 9.74. The van der Waals surface area contributed by atoms with Gasteiger partial charge in [-0.2, -0.15) is 0 Å². The Morgan fingerprint density at radius 3 is 2.45 bits per heavy atom. The third kappa shape index (κ3) is 3.83. The molecule has 1 fully saturated rings. The Bertz CT molecular complexity index is 385. The highest BCUT2D eigenvalue weighted by Gasteiger charge is 2.44. The first-order valence-electron chi connectivity index (χ1n) is 6.53. The minimum absolute atomic E-state index is 0.0190. The molecule has 0 aromatic rings. The number of Topliss-reactive ketones (excluding diaryl/α,β-unsaturated/α-hetero) is 1. The maximum Gasteiger partial charge on any atom is 0.323 e. The SMILES string of the molecule is CCOC(=O)C1(CO/C(=N/N)N(C)N)CCC(=O)CC1. The van der Waals surface area contributed by atoms with Gasteiger partial charge in [-0.05, 0) is 19.8 Å². The number of hydrazine groups is 1. The van der Waals surface area contributed by atoms with Crippen LogP contribution in [0.15, 0.2) is 5.10 Å². The van der Waals surface area contributed by atoms with Gasteiger partial charge < -0.3 is 15.3 Å². The maximum atomic E-state index is 12.2. The predicted octanol–water partition coefficient (Wildman–Crippen LogP) is -0.269. The van der Waals surface area contributed by atoms with E-state index in [1.807, 2.05) is 0 Å². The second-order valence-corrected chi connectivity index (χ2v) is 4.85. The number of hydrazone groups is 1. The normalized spacial score (nSPS) is 18.6. The molecule has 114 valence electrons. The molecule has 8 nitrogen and oxygen atoms in total. The monoisotopic (exact) mass is 286 g/mol. The molecule has 0 bridgehead atoms. The average Bonchev–Trinajstić information content (AvgIpc) is 2.41. The number of amidine groups is 1. The van der Waals surface area contributed by atoms with Gasteiger partial charge in [0.2, 0.25) is 0 Å². The molecule has 0 aliphatic heterocycles. The van der Waals surface area contributed by atoms with Crippen LogP contribution in [-0.2, 0) is 19.1 Å². The van der Waals surface area contributed by atoms with E-state index in [2.05, 4.69) is 5.10 Å². The minimum Gasteiger partial charge on any atom is -0.465 e. The summed E-state index contributed by atoms with van der Waals surface area (Å²) in [5.41, 5.74) is -0.837. The smallest absolute Gasteiger partial charge is 0.323 e. The van der Waals surface area contributed by atoms with Crippen molar-refractivity contribution in [1.29, 1.82) is 0 Å². The minimum atomic E-state index is -0.837. The van der Waals surface area contributed by atoms with Gasteiger partial charge in [-0.3, -0.25) is 14.6 Å². The fourth-order valence-corrected chi connectivity index (χ4v) is 2.13. The number of esters is 1. The third-order valence-corrected chi connectivity index (χ3v) is 3.36. The summed E-state index contributed by atoms with van der Waals surface area (Å²) in [5.74, 6) is 10.4. The summed E-state index contributed by atoms with van der Waals surface area (Å²) < 4.78 is 10.5. The van der Waals surface area contributed by atoms with Crippen LogP contribution in [0.25, 0.3) is 0 Å². The Morgan fingerprint density at radius 1 is 1.40 bits per heavy atom. The van der Waals surface area contributed by atoms with E-state index in [4.69, 9.17) is 21.2 Å². The van der Waals surface area contributed by atoms with Crippen molar-refractivity contribution in [3.63, 3.8) is 0 Å². The fourth-order valence-electron chi connectivity index (χ4n) is 2.13. The lowest BCUT2D eigenvalue weighted by Gasteiger charge is -2.34. The zero-order valence-corrected chi connectivity index (χ0v) is 11.9. The Balaban J connectivity index is 2.78. The van der Waals surface area contributed by atoms with E-state index in [0.29, 0.717) is 25.7 Å². The van der Waals surface area contributed by atoms with E-state index < -0.39 is 5.41 Å². The molecule has 0 radical (unpaired) electrons. The number of hydrogen-bond acceptors (Lipinski definition) is 7. The van der Waals surface area contributed by atoms with Gasteiger partial charge in [0, 0.05) is 19.9 Å². The summed E-state index contributed by atoms with van der Waals surface area (Å²) in [6, 6.07) is 0.0190. The summed E-state index contributed by atoms with van der Waals surface area (Å²) in [6.45, 7) is 2.06. The molecule has 0 saturated heterocycles. The quantitative estimate of drug-likeness (QED) is 0.240. The average molecular weight is 286 g/mol. The Kier molecular flexibility index (Phi) is 5.75. The number of nitrogens with two attached hydrogens (primary N) is 2. The van der Waals surface area contributed by atoms with Crippen molar-refractivity contribution in [2.24, 2.45) is 22.2 Å². The molecule has 4 N–H and O–H groups in total. The van der Waals surface area contributed by atoms with Crippen molar-refractivity contribution in [3.05, 3.63) is 0 Å². The number of ether oxygens (including phenoxy) is 2. The first kappa shape index (κ1) is 16.2. The van der Waals surface area contributed by atoms with Gasteiger partial charge >= 0.3 is 12.0 Å². The molecule has 20 heavy (non-hydrogen) atoms. The van der Waals surface area contributed by atoms with Gasteiger partial charge in [0.15, 0.2) is 0 Å². The molecule has 0 unspecified atom stereocenters. The first-order chi connectivity index (χ1) is 9.45. The molecule has 0 atom stereocenters. The number of nitrogens with zero attached hydrogens (tertiary/aromatic N) is 2. The van der Waals surface area contributed by atoms with Gasteiger partial charge in [0.05, 0.1) is 6.61 Å². The molecule has 0 amide bonds. The topological polar surface area (TPSA) is 120 Å². The summed E-state index contributed by atoms with van der Waals surface area (Å²) in [7, 11) is 1.52. The first-order valence-corrected chi connectivity index (χ1v) is 6.53. The Hall–Kier alpha value is -1.83. The van der Waals surface area contributed by atoms with E-state index in [1.165, 1.54) is 7.05 Å². The van der Waals surface area contributed by atoms with Crippen LogP contribution >= 0.6 is 0 Å². The molecule has 8 heteroatoms. The van der Waals surface area contributed by atoms with Crippen LogP contribution in [0.4, 0.5) is 0 Å². The van der Waals surface area contributed by atoms with E-state index in [-0.39, 0.29) is 31.0 Å². The van der Waals surface area contributed by atoms with Crippen LogP contribution in [0.2, 0.25) is 0 Å². The van der Waals surface area contributed by atoms with E-state index >= 15 is 0 Å². The van der Waals surface area contributed by atoms with Crippen molar-refractivity contribution in [2.75, 3.05) is 20.3 Å². The van der Waals surface area contributed by atoms with Gasteiger partial charge in [0.25, 0.3) is 0 Å². The van der Waals surface area contributed by atoms with Crippen LogP contribution in [0.5, 0.6) is 0 Å². The van der Waals surface area contributed by atoms with Crippen molar-refractivity contribution in [2.45, 2.75) is 32.6 Å². The Morgan fingerprint density at radius 2 is 2.00 bits per heavy atom.